The van der Waals surface area contributed by atoms with Crippen molar-refractivity contribution < 1.29 is 14.3 Å². The van der Waals surface area contributed by atoms with E-state index in [2.05, 4.69) is 0 Å². The number of halogens is 2. The highest BCUT2D eigenvalue weighted by Gasteiger charge is 2.23. The molecule has 0 atom stereocenters. The third-order valence-corrected chi connectivity index (χ3v) is 3.61. The second kappa shape index (κ2) is 9.21. The van der Waals surface area contributed by atoms with Gasteiger partial charge in [-0.05, 0) is 31.0 Å². The number of nitrogens with zero attached hydrogens (tertiary/aromatic N) is 1. The van der Waals surface area contributed by atoms with Crippen molar-refractivity contribution in [3.8, 4) is 11.5 Å². The van der Waals surface area contributed by atoms with Gasteiger partial charge in [0.2, 0.25) is 0 Å². The molecule has 1 rings (SSSR count). The largest absolute Gasteiger partial charge is 0.493 e. The zero-order chi connectivity index (χ0) is 16.9. The molecule has 0 unspecified atom stereocenters. The summed E-state index contributed by atoms with van der Waals surface area (Å²) < 4.78 is 10.7. The Kier molecular flexibility index (Phi) is 8.74. The van der Waals surface area contributed by atoms with E-state index < -0.39 is 0 Å². The summed E-state index contributed by atoms with van der Waals surface area (Å²) in [5.74, 6) is 0.766. The first-order valence-electron chi connectivity index (χ1n) is 7.21. The van der Waals surface area contributed by atoms with Crippen LogP contribution in [0.3, 0.4) is 0 Å². The minimum atomic E-state index is -0.149. The molecule has 0 bridgehead atoms. The smallest absolute Gasteiger partial charge is 0.253 e. The van der Waals surface area contributed by atoms with Gasteiger partial charge < -0.3 is 20.1 Å². The summed E-state index contributed by atoms with van der Waals surface area (Å²) in [5.41, 5.74) is 6.03. The summed E-state index contributed by atoms with van der Waals surface area (Å²) in [6.07, 6.45) is 0. The van der Waals surface area contributed by atoms with Gasteiger partial charge in [0.25, 0.3) is 5.91 Å². The minimum Gasteiger partial charge on any atom is -0.493 e. The summed E-state index contributed by atoms with van der Waals surface area (Å²) in [4.78, 5) is 14.2. The van der Waals surface area contributed by atoms with E-state index in [1.54, 1.807) is 24.1 Å². The molecule has 5 nitrogen and oxygen atoms in total. The highest BCUT2D eigenvalue weighted by atomic mass is 35.5. The van der Waals surface area contributed by atoms with Crippen molar-refractivity contribution in [2.45, 2.75) is 20.8 Å². The predicted molar refractivity (Wildman–Crippen MR) is 96.2 cm³/mol. The van der Waals surface area contributed by atoms with Gasteiger partial charge in [0.05, 0.1) is 18.7 Å². The number of ether oxygens (including phenoxy) is 2. The predicted octanol–water partition coefficient (Wildman–Crippen LogP) is 3.23. The van der Waals surface area contributed by atoms with Crippen LogP contribution < -0.4 is 15.2 Å². The number of hydrogen-bond acceptors (Lipinski definition) is 4. The van der Waals surface area contributed by atoms with E-state index in [0.29, 0.717) is 41.8 Å². The Balaban J connectivity index is 0.00000484. The van der Waals surface area contributed by atoms with E-state index in [0.717, 1.165) is 0 Å². The van der Waals surface area contributed by atoms with Gasteiger partial charge in [-0.3, -0.25) is 4.79 Å². The lowest BCUT2D eigenvalue weighted by molar-refractivity contribution is 0.0740. The first kappa shape index (κ1) is 21.8. The van der Waals surface area contributed by atoms with Crippen LogP contribution in [-0.4, -0.2) is 44.7 Å². The van der Waals surface area contributed by atoms with Crippen molar-refractivity contribution in [1.29, 1.82) is 0 Å². The fourth-order valence-electron chi connectivity index (χ4n) is 2.13. The first-order valence-corrected chi connectivity index (χ1v) is 7.59. The molecule has 2 N–H and O–H groups in total. The van der Waals surface area contributed by atoms with Gasteiger partial charge in [-0.25, -0.2) is 0 Å². The van der Waals surface area contributed by atoms with Gasteiger partial charge >= 0.3 is 0 Å². The lowest BCUT2D eigenvalue weighted by Gasteiger charge is -2.29. The Hall–Kier alpha value is -1.17. The minimum absolute atomic E-state index is 0. The molecule has 0 fully saturated rings. The standard InChI is InChI=1S/C16H25ClN2O3.ClH/c1-6-22-14-12(17)7-11(8-13(14)21-5)15(20)19(4)10-16(2,3)9-18;/h7-8H,6,9-10,18H2,1-5H3;1H. The van der Waals surface area contributed by atoms with Crippen molar-refractivity contribution >= 4 is 29.9 Å². The summed E-state index contributed by atoms with van der Waals surface area (Å²) in [6.45, 7) is 7.41. The van der Waals surface area contributed by atoms with E-state index >= 15 is 0 Å². The number of amides is 1. The zero-order valence-electron chi connectivity index (χ0n) is 14.3. The number of carbonyl (C=O) groups is 1. The number of nitrogens with two attached hydrogens (primary N) is 1. The van der Waals surface area contributed by atoms with Crippen LogP contribution in [0, 0.1) is 5.41 Å². The molecule has 0 aliphatic heterocycles. The van der Waals surface area contributed by atoms with E-state index in [9.17, 15) is 4.79 Å². The first-order chi connectivity index (χ1) is 10.3. The Morgan fingerprint density at radius 1 is 1.39 bits per heavy atom. The van der Waals surface area contributed by atoms with Gasteiger partial charge in [0, 0.05) is 19.2 Å². The molecule has 0 aliphatic carbocycles. The topological polar surface area (TPSA) is 64.8 Å². The second-order valence-electron chi connectivity index (χ2n) is 5.95. The molecule has 1 aromatic rings. The SMILES string of the molecule is CCOc1c(Cl)cc(C(=O)N(C)CC(C)(C)CN)cc1OC.Cl. The van der Waals surface area contributed by atoms with Crippen LogP contribution in [0.25, 0.3) is 0 Å². The summed E-state index contributed by atoms with van der Waals surface area (Å²) in [6, 6.07) is 3.24. The lowest BCUT2D eigenvalue weighted by Crippen LogP contribution is -2.39. The third-order valence-electron chi connectivity index (χ3n) is 3.33. The molecule has 0 saturated carbocycles. The lowest BCUT2D eigenvalue weighted by atomic mass is 9.93. The van der Waals surface area contributed by atoms with Crippen molar-refractivity contribution in [2.75, 3.05) is 33.9 Å². The molecule has 0 heterocycles. The van der Waals surface area contributed by atoms with Crippen molar-refractivity contribution in [3.05, 3.63) is 22.7 Å². The van der Waals surface area contributed by atoms with Crippen LogP contribution in [-0.2, 0) is 0 Å². The Morgan fingerprint density at radius 3 is 2.48 bits per heavy atom. The number of hydrogen-bond donors (Lipinski definition) is 1. The van der Waals surface area contributed by atoms with Crippen molar-refractivity contribution in [2.24, 2.45) is 11.1 Å². The Bertz CT molecular complexity index is 536. The number of rotatable bonds is 7. The second-order valence-corrected chi connectivity index (χ2v) is 6.36. The molecular formula is C16H26Cl2N2O3. The van der Waals surface area contributed by atoms with Gasteiger partial charge in [0.1, 0.15) is 0 Å². The van der Waals surface area contributed by atoms with Crippen LogP contribution in [0.1, 0.15) is 31.1 Å². The summed E-state index contributed by atoms with van der Waals surface area (Å²) >= 11 is 6.21. The molecule has 132 valence electrons. The monoisotopic (exact) mass is 364 g/mol. The highest BCUT2D eigenvalue weighted by molar-refractivity contribution is 6.32. The van der Waals surface area contributed by atoms with Gasteiger partial charge in [0.15, 0.2) is 11.5 Å². The van der Waals surface area contributed by atoms with Crippen LogP contribution in [0.4, 0.5) is 0 Å². The van der Waals surface area contributed by atoms with Crippen molar-refractivity contribution in [1.82, 2.24) is 4.90 Å². The molecule has 0 aromatic heterocycles. The fraction of sp³-hybridized carbons (Fsp3) is 0.562. The summed E-state index contributed by atoms with van der Waals surface area (Å²) in [5, 5.41) is 0.357. The van der Waals surface area contributed by atoms with E-state index in [-0.39, 0.29) is 23.7 Å². The van der Waals surface area contributed by atoms with Crippen molar-refractivity contribution in [3.63, 3.8) is 0 Å². The van der Waals surface area contributed by atoms with E-state index in [1.165, 1.54) is 7.11 Å². The molecule has 1 aromatic carbocycles. The maximum absolute atomic E-state index is 12.6. The van der Waals surface area contributed by atoms with Gasteiger partial charge in [-0.15, -0.1) is 12.4 Å². The maximum Gasteiger partial charge on any atom is 0.253 e. The van der Waals surface area contributed by atoms with Crippen LogP contribution in [0.15, 0.2) is 12.1 Å². The fourth-order valence-corrected chi connectivity index (χ4v) is 2.39. The quantitative estimate of drug-likeness (QED) is 0.806. The molecule has 1 amide bonds. The van der Waals surface area contributed by atoms with Crippen LogP contribution in [0.5, 0.6) is 11.5 Å². The molecule has 7 heteroatoms. The Labute approximate surface area is 149 Å². The maximum atomic E-state index is 12.6. The highest BCUT2D eigenvalue weighted by Crippen LogP contribution is 2.36. The third kappa shape index (κ3) is 5.75. The zero-order valence-corrected chi connectivity index (χ0v) is 15.9. The average Bonchev–Trinajstić information content (AvgIpc) is 2.47. The normalized spacial score (nSPS) is 10.7. The van der Waals surface area contributed by atoms with E-state index in [1.807, 2.05) is 20.8 Å². The number of carbonyl (C=O) groups excluding carboxylic acids is 1. The van der Waals surface area contributed by atoms with Crippen LogP contribution in [0.2, 0.25) is 5.02 Å². The number of methoxy groups -OCH3 is 1. The summed E-state index contributed by atoms with van der Waals surface area (Å²) in [7, 11) is 3.26. The molecule has 0 saturated heterocycles. The van der Waals surface area contributed by atoms with Gasteiger partial charge in [-0.2, -0.15) is 0 Å². The molecular weight excluding hydrogens is 339 g/mol. The molecule has 0 aliphatic rings. The number of benzene rings is 1. The molecule has 23 heavy (non-hydrogen) atoms. The van der Waals surface area contributed by atoms with Crippen LogP contribution >= 0.6 is 24.0 Å². The van der Waals surface area contributed by atoms with E-state index in [4.69, 9.17) is 26.8 Å². The molecule has 0 radical (unpaired) electrons. The Morgan fingerprint density at radius 2 is 2.00 bits per heavy atom. The average molecular weight is 365 g/mol. The van der Waals surface area contributed by atoms with Gasteiger partial charge in [-0.1, -0.05) is 25.4 Å². The molecule has 0 spiro atoms.